The van der Waals surface area contributed by atoms with Gasteiger partial charge < -0.3 is 16.0 Å². The smallest absolute Gasteiger partial charge is 0.258 e. The van der Waals surface area contributed by atoms with Crippen LogP contribution in [0.1, 0.15) is 48.5 Å². The molecule has 5 nitrogen and oxygen atoms in total. The van der Waals surface area contributed by atoms with E-state index in [1.807, 2.05) is 0 Å². The van der Waals surface area contributed by atoms with Crippen LogP contribution in [0.3, 0.4) is 0 Å². The Labute approximate surface area is 162 Å². The first kappa shape index (κ1) is 18.7. The second-order valence-corrected chi connectivity index (χ2v) is 7.24. The van der Waals surface area contributed by atoms with Crippen LogP contribution in [0.25, 0.3) is 0 Å². The Morgan fingerprint density at radius 3 is 2.46 bits per heavy atom. The SMILES string of the molecule is CC(=N)c1c(NC2CCCC2)ncc(C(=O)Nc2ccc(Cl)cc2)c1Cl. The fourth-order valence-electron chi connectivity index (χ4n) is 3.09. The number of nitrogens with one attached hydrogen (secondary N) is 3. The number of rotatable bonds is 5. The van der Waals surface area contributed by atoms with Crippen molar-refractivity contribution in [3.05, 3.63) is 51.6 Å². The van der Waals surface area contributed by atoms with Crippen LogP contribution in [-0.4, -0.2) is 22.6 Å². The van der Waals surface area contributed by atoms with Gasteiger partial charge in [0.15, 0.2) is 0 Å². The number of halogens is 2. The molecular formula is C19H20Cl2N4O. The number of amides is 1. The van der Waals surface area contributed by atoms with Gasteiger partial charge in [0, 0.05) is 28.7 Å². The summed E-state index contributed by atoms with van der Waals surface area (Å²) in [4.78, 5) is 17.0. The maximum absolute atomic E-state index is 12.6. The second kappa shape index (κ2) is 8.06. The largest absolute Gasteiger partial charge is 0.367 e. The summed E-state index contributed by atoms with van der Waals surface area (Å²) in [5, 5.41) is 15.0. The zero-order chi connectivity index (χ0) is 18.7. The van der Waals surface area contributed by atoms with Crippen LogP contribution < -0.4 is 10.6 Å². The third-order valence-corrected chi connectivity index (χ3v) is 5.08. The molecule has 1 aromatic heterocycles. The van der Waals surface area contributed by atoms with Gasteiger partial charge in [0.2, 0.25) is 0 Å². The summed E-state index contributed by atoms with van der Waals surface area (Å²) < 4.78 is 0. The lowest BCUT2D eigenvalue weighted by Crippen LogP contribution is -2.20. The number of hydrogen-bond acceptors (Lipinski definition) is 4. The summed E-state index contributed by atoms with van der Waals surface area (Å²) in [6.45, 7) is 1.64. The van der Waals surface area contributed by atoms with E-state index in [1.165, 1.54) is 19.0 Å². The molecule has 0 bridgehead atoms. The van der Waals surface area contributed by atoms with E-state index in [9.17, 15) is 4.79 Å². The van der Waals surface area contributed by atoms with Crippen LogP contribution in [0, 0.1) is 5.41 Å². The van der Waals surface area contributed by atoms with Crippen molar-refractivity contribution in [2.45, 2.75) is 38.6 Å². The van der Waals surface area contributed by atoms with Crippen LogP contribution in [0.2, 0.25) is 10.0 Å². The molecule has 0 aliphatic heterocycles. The fourth-order valence-corrected chi connectivity index (χ4v) is 3.59. The van der Waals surface area contributed by atoms with E-state index in [1.54, 1.807) is 31.2 Å². The van der Waals surface area contributed by atoms with Crippen LogP contribution in [0.15, 0.2) is 30.5 Å². The number of pyridine rings is 1. The molecule has 1 amide bonds. The number of hydrogen-bond donors (Lipinski definition) is 3. The monoisotopic (exact) mass is 390 g/mol. The molecule has 0 radical (unpaired) electrons. The normalized spacial score (nSPS) is 14.3. The highest BCUT2D eigenvalue weighted by molar-refractivity contribution is 6.38. The minimum Gasteiger partial charge on any atom is -0.367 e. The molecule has 0 atom stereocenters. The average molecular weight is 391 g/mol. The first-order valence-corrected chi connectivity index (χ1v) is 9.29. The van der Waals surface area contributed by atoms with Gasteiger partial charge in [-0.3, -0.25) is 4.79 Å². The molecule has 26 heavy (non-hydrogen) atoms. The number of nitrogens with zero attached hydrogens (tertiary/aromatic N) is 1. The molecule has 0 unspecified atom stereocenters. The van der Waals surface area contributed by atoms with Crippen LogP contribution >= 0.6 is 23.2 Å². The highest BCUT2D eigenvalue weighted by Gasteiger charge is 2.22. The van der Waals surface area contributed by atoms with Crippen molar-refractivity contribution in [1.82, 2.24) is 4.98 Å². The predicted octanol–water partition coefficient (Wildman–Crippen LogP) is 5.38. The van der Waals surface area contributed by atoms with Gasteiger partial charge in [-0.1, -0.05) is 36.0 Å². The van der Waals surface area contributed by atoms with Gasteiger partial charge in [-0.25, -0.2) is 4.98 Å². The fraction of sp³-hybridized carbons (Fsp3) is 0.316. The lowest BCUT2D eigenvalue weighted by molar-refractivity contribution is 0.102. The van der Waals surface area contributed by atoms with Gasteiger partial charge in [0.25, 0.3) is 5.91 Å². The van der Waals surface area contributed by atoms with Crippen molar-refractivity contribution < 1.29 is 4.79 Å². The third-order valence-electron chi connectivity index (χ3n) is 4.43. The van der Waals surface area contributed by atoms with Crippen molar-refractivity contribution in [3.63, 3.8) is 0 Å². The molecule has 1 heterocycles. The van der Waals surface area contributed by atoms with Crippen LogP contribution in [0.5, 0.6) is 0 Å². The van der Waals surface area contributed by atoms with E-state index < -0.39 is 0 Å². The maximum atomic E-state index is 12.6. The molecular weight excluding hydrogens is 371 g/mol. The van der Waals surface area contributed by atoms with E-state index in [4.69, 9.17) is 28.6 Å². The molecule has 2 aromatic rings. The second-order valence-electron chi connectivity index (χ2n) is 6.42. The molecule has 136 valence electrons. The van der Waals surface area contributed by atoms with E-state index in [0.29, 0.717) is 28.1 Å². The van der Waals surface area contributed by atoms with Crippen molar-refractivity contribution in [3.8, 4) is 0 Å². The van der Waals surface area contributed by atoms with Gasteiger partial charge >= 0.3 is 0 Å². The Hall–Kier alpha value is -2.11. The van der Waals surface area contributed by atoms with Gasteiger partial charge in [-0.2, -0.15) is 0 Å². The molecule has 3 rings (SSSR count). The summed E-state index contributed by atoms with van der Waals surface area (Å²) in [6.07, 6.45) is 5.98. The lowest BCUT2D eigenvalue weighted by Gasteiger charge is -2.18. The zero-order valence-electron chi connectivity index (χ0n) is 14.4. The summed E-state index contributed by atoms with van der Waals surface area (Å²) in [6, 6.07) is 7.14. The summed E-state index contributed by atoms with van der Waals surface area (Å²) >= 11 is 12.3. The Bertz CT molecular complexity index is 830. The zero-order valence-corrected chi connectivity index (χ0v) is 15.9. The maximum Gasteiger partial charge on any atom is 0.258 e. The Kier molecular flexibility index (Phi) is 5.79. The summed E-state index contributed by atoms with van der Waals surface area (Å²) in [7, 11) is 0. The van der Waals surface area contributed by atoms with E-state index >= 15 is 0 Å². The lowest BCUT2D eigenvalue weighted by atomic mass is 10.1. The van der Waals surface area contributed by atoms with Crippen molar-refractivity contribution in [2.75, 3.05) is 10.6 Å². The molecule has 1 aliphatic carbocycles. The number of anilines is 2. The number of carbonyl (C=O) groups excluding carboxylic acids is 1. The van der Waals surface area contributed by atoms with E-state index in [0.717, 1.165) is 12.8 Å². The predicted molar refractivity (Wildman–Crippen MR) is 107 cm³/mol. The minimum absolute atomic E-state index is 0.236. The van der Waals surface area contributed by atoms with Gasteiger partial charge in [-0.15, -0.1) is 0 Å². The highest BCUT2D eigenvalue weighted by atomic mass is 35.5. The number of aromatic nitrogens is 1. The molecule has 3 N–H and O–H groups in total. The number of benzene rings is 1. The number of carbonyl (C=O) groups is 1. The molecule has 1 saturated carbocycles. The molecule has 7 heteroatoms. The van der Waals surface area contributed by atoms with E-state index in [2.05, 4.69) is 15.6 Å². The molecule has 1 aromatic carbocycles. The first-order valence-electron chi connectivity index (χ1n) is 8.53. The van der Waals surface area contributed by atoms with Gasteiger partial charge in [0.1, 0.15) is 5.82 Å². The Morgan fingerprint density at radius 2 is 1.85 bits per heavy atom. The molecule has 0 spiro atoms. The van der Waals surface area contributed by atoms with Crippen LogP contribution in [0.4, 0.5) is 11.5 Å². The summed E-state index contributed by atoms with van der Waals surface area (Å²) in [5.41, 5.74) is 1.59. The first-order chi connectivity index (χ1) is 12.5. The quantitative estimate of drug-likeness (QED) is 0.599. The molecule has 1 aliphatic rings. The topological polar surface area (TPSA) is 77.9 Å². The standard InChI is InChI=1S/C19H20Cl2N4O/c1-11(22)16-17(21)15(10-23-18(16)24-13-4-2-3-5-13)19(26)25-14-8-6-12(20)7-9-14/h6-10,13,22H,2-5H2,1H3,(H,23,24)(H,25,26). The average Bonchev–Trinajstić information content (AvgIpc) is 3.09. The van der Waals surface area contributed by atoms with Crippen molar-refractivity contribution in [2.24, 2.45) is 0 Å². The minimum atomic E-state index is -0.375. The third kappa shape index (κ3) is 4.17. The molecule has 1 fully saturated rings. The Balaban J connectivity index is 1.87. The summed E-state index contributed by atoms with van der Waals surface area (Å²) in [5.74, 6) is 0.192. The van der Waals surface area contributed by atoms with Crippen molar-refractivity contribution in [1.29, 1.82) is 5.41 Å². The Morgan fingerprint density at radius 1 is 1.19 bits per heavy atom. The van der Waals surface area contributed by atoms with Gasteiger partial charge in [0.05, 0.1) is 16.1 Å². The van der Waals surface area contributed by atoms with Crippen molar-refractivity contribution >= 4 is 46.3 Å². The van der Waals surface area contributed by atoms with Gasteiger partial charge in [-0.05, 0) is 44.0 Å². The molecule has 0 saturated heterocycles. The highest BCUT2D eigenvalue weighted by Crippen LogP contribution is 2.30. The van der Waals surface area contributed by atoms with E-state index in [-0.39, 0.29) is 22.2 Å². The van der Waals surface area contributed by atoms with Crippen LogP contribution in [-0.2, 0) is 0 Å².